The fraction of sp³-hybridized carbons (Fsp3) is 0.429. The molecule has 0 radical (unpaired) electrons. The van der Waals surface area contributed by atoms with E-state index in [1.165, 1.54) is 17.4 Å². The van der Waals surface area contributed by atoms with E-state index < -0.39 is 11.9 Å². The zero-order valence-electron chi connectivity index (χ0n) is 10.7. The van der Waals surface area contributed by atoms with Crippen LogP contribution in [0.5, 0.6) is 0 Å². The van der Waals surface area contributed by atoms with Crippen molar-refractivity contribution in [2.45, 2.75) is 31.3 Å². The molecule has 6 heteroatoms. The van der Waals surface area contributed by atoms with Gasteiger partial charge in [-0.25, -0.2) is 0 Å². The van der Waals surface area contributed by atoms with Crippen molar-refractivity contribution in [2.24, 2.45) is 5.92 Å². The molecular formula is C14H14ClNO3S. The molecule has 1 amide bonds. The minimum Gasteiger partial charge on any atom is -0.481 e. The standard InChI is InChI=1S/C14H14ClNO3S/c15-12-5-2-9(20-12)3-6-13(17)16-8-1-4-11(16)10(7-8)14(18)19/h2-3,5-6,8,10-11H,1,4,7H2,(H,18,19). The molecule has 2 aliphatic heterocycles. The van der Waals surface area contributed by atoms with Gasteiger partial charge in [-0.2, -0.15) is 0 Å². The van der Waals surface area contributed by atoms with Crippen molar-refractivity contribution in [3.05, 3.63) is 27.4 Å². The number of thiophene rings is 1. The Morgan fingerprint density at radius 2 is 2.20 bits per heavy atom. The lowest BCUT2D eigenvalue weighted by Gasteiger charge is -2.21. The number of carbonyl (C=O) groups excluding carboxylic acids is 1. The largest absolute Gasteiger partial charge is 0.481 e. The fourth-order valence-corrected chi connectivity index (χ4v) is 4.22. The molecule has 106 valence electrons. The van der Waals surface area contributed by atoms with Crippen LogP contribution in [-0.4, -0.2) is 34.0 Å². The van der Waals surface area contributed by atoms with Gasteiger partial charge in [0.1, 0.15) is 0 Å². The first-order valence-corrected chi connectivity index (χ1v) is 7.74. The molecular weight excluding hydrogens is 298 g/mol. The van der Waals surface area contributed by atoms with Crippen LogP contribution < -0.4 is 0 Å². The molecule has 3 heterocycles. The third-order valence-electron chi connectivity index (χ3n) is 4.09. The number of rotatable bonds is 3. The van der Waals surface area contributed by atoms with Gasteiger partial charge >= 0.3 is 5.97 Å². The van der Waals surface area contributed by atoms with Crippen LogP contribution in [0.3, 0.4) is 0 Å². The molecule has 0 saturated carbocycles. The maximum atomic E-state index is 12.3. The van der Waals surface area contributed by atoms with E-state index in [1.807, 2.05) is 6.07 Å². The number of aliphatic carboxylic acids is 1. The lowest BCUT2D eigenvalue weighted by atomic mass is 9.89. The molecule has 2 bridgehead atoms. The van der Waals surface area contributed by atoms with Crippen molar-refractivity contribution in [3.63, 3.8) is 0 Å². The molecule has 0 aliphatic carbocycles. The summed E-state index contributed by atoms with van der Waals surface area (Å²) in [6.45, 7) is 0. The second-order valence-corrected chi connectivity index (χ2v) is 6.95. The molecule has 1 aromatic rings. The van der Waals surface area contributed by atoms with E-state index in [4.69, 9.17) is 11.6 Å². The molecule has 1 N–H and O–H groups in total. The quantitative estimate of drug-likeness (QED) is 0.873. The van der Waals surface area contributed by atoms with Crippen molar-refractivity contribution < 1.29 is 14.7 Å². The lowest BCUT2D eigenvalue weighted by molar-refractivity contribution is -0.143. The van der Waals surface area contributed by atoms with Crippen LogP contribution in [-0.2, 0) is 9.59 Å². The van der Waals surface area contributed by atoms with Crippen LogP contribution in [0.1, 0.15) is 24.1 Å². The maximum absolute atomic E-state index is 12.3. The van der Waals surface area contributed by atoms with Gasteiger partial charge in [-0.3, -0.25) is 9.59 Å². The van der Waals surface area contributed by atoms with Gasteiger partial charge in [-0.1, -0.05) is 11.6 Å². The Hall–Kier alpha value is -1.33. The van der Waals surface area contributed by atoms with E-state index in [9.17, 15) is 14.7 Å². The number of nitrogens with zero attached hydrogens (tertiary/aromatic N) is 1. The van der Waals surface area contributed by atoms with Gasteiger partial charge in [0.2, 0.25) is 5.91 Å². The van der Waals surface area contributed by atoms with Crippen LogP contribution in [0.15, 0.2) is 18.2 Å². The number of hydrogen-bond donors (Lipinski definition) is 1. The number of carbonyl (C=O) groups is 2. The van der Waals surface area contributed by atoms with Gasteiger partial charge in [0, 0.05) is 23.0 Å². The van der Waals surface area contributed by atoms with E-state index >= 15 is 0 Å². The first kappa shape index (κ1) is 13.6. The van der Waals surface area contributed by atoms with E-state index in [0.717, 1.165) is 17.7 Å². The Bertz CT molecular complexity index is 583. The monoisotopic (exact) mass is 311 g/mol. The van der Waals surface area contributed by atoms with Crippen LogP contribution in [0.25, 0.3) is 6.08 Å². The molecule has 3 atom stereocenters. The molecule has 3 unspecified atom stereocenters. The van der Waals surface area contributed by atoms with E-state index in [1.54, 1.807) is 17.0 Å². The molecule has 4 nitrogen and oxygen atoms in total. The van der Waals surface area contributed by atoms with Crippen LogP contribution >= 0.6 is 22.9 Å². The smallest absolute Gasteiger partial charge is 0.308 e. The Morgan fingerprint density at radius 1 is 1.40 bits per heavy atom. The number of carboxylic acid groups (broad SMARTS) is 1. The van der Waals surface area contributed by atoms with Crippen LogP contribution in [0.2, 0.25) is 4.34 Å². The third-order valence-corrected chi connectivity index (χ3v) is 5.29. The molecule has 2 saturated heterocycles. The normalized spacial score (nSPS) is 28.4. The molecule has 1 aromatic heterocycles. The summed E-state index contributed by atoms with van der Waals surface area (Å²) in [5, 5.41) is 9.18. The Morgan fingerprint density at radius 3 is 2.80 bits per heavy atom. The molecule has 3 rings (SSSR count). The summed E-state index contributed by atoms with van der Waals surface area (Å²) in [4.78, 5) is 26.1. The maximum Gasteiger partial charge on any atom is 0.308 e. The van der Waals surface area contributed by atoms with Crippen molar-refractivity contribution in [2.75, 3.05) is 0 Å². The lowest BCUT2D eigenvalue weighted by Crippen LogP contribution is -2.36. The number of amides is 1. The van der Waals surface area contributed by atoms with Crippen molar-refractivity contribution in [3.8, 4) is 0 Å². The zero-order valence-corrected chi connectivity index (χ0v) is 12.2. The number of hydrogen-bond acceptors (Lipinski definition) is 3. The topological polar surface area (TPSA) is 57.6 Å². The van der Waals surface area contributed by atoms with Gasteiger partial charge in [-0.05, 0) is 37.5 Å². The second kappa shape index (κ2) is 5.22. The highest BCUT2D eigenvalue weighted by molar-refractivity contribution is 7.17. The SMILES string of the molecule is O=C(O)C1CC2CCC1N2C(=O)C=Cc1ccc(Cl)s1. The average molecular weight is 312 g/mol. The first-order chi connectivity index (χ1) is 9.56. The molecule has 20 heavy (non-hydrogen) atoms. The summed E-state index contributed by atoms with van der Waals surface area (Å²) < 4.78 is 0.685. The van der Waals surface area contributed by atoms with Crippen molar-refractivity contribution in [1.29, 1.82) is 0 Å². The van der Waals surface area contributed by atoms with Gasteiger partial charge in [0.15, 0.2) is 0 Å². The summed E-state index contributed by atoms with van der Waals surface area (Å²) in [6.07, 6.45) is 5.57. The predicted octanol–water partition coefficient (Wildman–Crippen LogP) is 2.88. The number of fused-ring (bicyclic) bond motifs is 2. The van der Waals surface area contributed by atoms with E-state index in [2.05, 4.69) is 0 Å². The van der Waals surface area contributed by atoms with E-state index in [-0.39, 0.29) is 18.0 Å². The summed E-state index contributed by atoms with van der Waals surface area (Å²) in [7, 11) is 0. The number of halogens is 1. The van der Waals surface area contributed by atoms with Crippen molar-refractivity contribution in [1.82, 2.24) is 4.90 Å². The van der Waals surface area contributed by atoms with E-state index in [0.29, 0.717) is 10.8 Å². The Labute approximate surface area is 125 Å². The highest BCUT2D eigenvalue weighted by Gasteiger charge is 2.50. The number of carboxylic acids is 1. The highest BCUT2D eigenvalue weighted by Crippen LogP contribution is 2.42. The predicted molar refractivity (Wildman–Crippen MR) is 77.8 cm³/mol. The highest BCUT2D eigenvalue weighted by atomic mass is 35.5. The third kappa shape index (κ3) is 2.36. The summed E-state index contributed by atoms with van der Waals surface area (Å²) in [6, 6.07) is 3.60. The minimum atomic E-state index is -0.788. The Balaban J connectivity index is 1.72. The summed E-state index contributed by atoms with van der Waals surface area (Å²) >= 11 is 7.25. The molecule has 0 aromatic carbocycles. The molecule has 2 aliphatic rings. The van der Waals surface area contributed by atoms with Gasteiger partial charge in [0.05, 0.1) is 10.3 Å². The summed E-state index contributed by atoms with van der Waals surface area (Å²) in [5.41, 5.74) is 0. The first-order valence-electron chi connectivity index (χ1n) is 6.55. The molecule has 0 spiro atoms. The molecule has 2 fully saturated rings. The van der Waals surface area contributed by atoms with Crippen LogP contribution in [0, 0.1) is 5.92 Å². The van der Waals surface area contributed by atoms with Crippen molar-refractivity contribution >= 4 is 40.9 Å². The second-order valence-electron chi connectivity index (χ2n) is 5.20. The van der Waals surface area contributed by atoms with Gasteiger partial charge < -0.3 is 10.0 Å². The van der Waals surface area contributed by atoms with Gasteiger partial charge in [0.25, 0.3) is 0 Å². The van der Waals surface area contributed by atoms with Crippen LogP contribution in [0.4, 0.5) is 0 Å². The summed E-state index contributed by atoms with van der Waals surface area (Å²) in [5.74, 6) is -1.28. The fourth-order valence-electron chi connectivity index (χ4n) is 3.25. The van der Waals surface area contributed by atoms with Gasteiger partial charge in [-0.15, -0.1) is 11.3 Å². The zero-order chi connectivity index (χ0) is 14.3. The average Bonchev–Trinajstić information content (AvgIpc) is 3.09. The Kier molecular flexibility index (Phi) is 3.56. The minimum absolute atomic E-state index is 0.0881.